The Balaban J connectivity index is 1.47. The highest BCUT2D eigenvalue weighted by molar-refractivity contribution is 5.05. The minimum atomic E-state index is 0.611. The quantitative estimate of drug-likeness (QED) is 0.726. The van der Waals surface area contributed by atoms with Crippen molar-refractivity contribution in [3.8, 4) is 0 Å². The Morgan fingerprint density at radius 2 is 1.78 bits per heavy atom. The van der Waals surface area contributed by atoms with Gasteiger partial charge in [0.15, 0.2) is 0 Å². The predicted molar refractivity (Wildman–Crippen MR) is 76.7 cm³/mol. The first-order valence-electron chi connectivity index (χ1n) is 8.20. The van der Waals surface area contributed by atoms with Gasteiger partial charge < -0.3 is 10.6 Å². The molecular weight excluding hydrogens is 220 g/mol. The zero-order valence-corrected chi connectivity index (χ0v) is 12.1. The maximum atomic E-state index is 3.88. The highest BCUT2D eigenvalue weighted by Gasteiger charge is 2.53. The van der Waals surface area contributed by atoms with Crippen molar-refractivity contribution in [3.63, 3.8) is 0 Å². The van der Waals surface area contributed by atoms with E-state index >= 15 is 0 Å². The fourth-order valence-corrected chi connectivity index (χ4v) is 4.16. The summed E-state index contributed by atoms with van der Waals surface area (Å²) in [4.78, 5) is 0. The SMILES string of the molecule is CCCC1(CNCC2(C3CC3)CC2)CCNCC1. The number of nitrogens with one attached hydrogen (secondary N) is 2. The van der Waals surface area contributed by atoms with E-state index < -0.39 is 0 Å². The Labute approximate surface area is 112 Å². The second kappa shape index (κ2) is 5.13. The van der Waals surface area contributed by atoms with Crippen LogP contribution in [0, 0.1) is 16.7 Å². The van der Waals surface area contributed by atoms with Crippen LogP contribution in [-0.4, -0.2) is 26.2 Å². The minimum absolute atomic E-state index is 0.611. The van der Waals surface area contributed by atoms with E-state index in [-0.39, 0.29) is 0 Å². The summed E-state index contributed by atoms with van der Waals surface area (Å²) in [6, 6.07) is 0. The number of rotatable bonds is 7. The molecule has 0 bridgehead atoms. The first-order valence-corrected chi connectivity index (χ1v) is 8.20. The summed E-state index contributed by atoms with van der Waals surface area (Å²) < 4.78 is 0. The molecule has 1 aliphatic heterocycles. The third-order valence-corrected chi connectivity index (χ3v) is 5.76. The van der Waals surface area contributed by atoms with Gasteiger partial charge in [0.05, 0.1) is 0 Å². The van der Waals surface area contributed by atoms with Gasteiger partial charge in [-0.25, -0.2) is 0 Å². The molecule has 0 aromatic heterocycles. The summed E-state index contributed by atoms with van der Waals surface area (Å²) in [6.45, 7) is 7.40. The van der Waals surface area contributed by atoms with Crippen molar-refractivity contribution in [3.05, 3.63) is 0 Å². The average Bonchev–Trinajstić information content (AvgIpc) is 3.25. The highest BCUT2D eigenvalue weighted by Crippen LogP contribution is 2.60. The molecule has 2 saturated carbocycles. The van der Waals surface area contributed by atoms with Crippen molar-refractivity contribution in [1.29, 1.82) is 0 Å². The number of piperidine rings is 1. The van der Waals surface area contributed by atoms with Crippen LogP contribution in [0.4, 0.5) is 0 Å². The van der Waals surface area contributed by atoms with Crippen LogP contribution in [-0.2, 0) is 0 Å². The average molecular weight is 250 g/mol. The van der Waals surface area contributed by atoms with Crippen molar-refractivity contribution in [2.75, 3.05) is 26.2 Å². The predicted octanol–water partition coefficient (Wildman–Crippen LogP) is 2.94. The van der Waals surface area contributed by atoms with Crippen molar-refractivity contribution in [1.82, 2.24) is 10.6 Å². The van der Waals surface area contributed by atoms with E-state index in [0.717, 1.165) is 11.3 Å². The Kier molecular flexibility index (Phi) is 3.68. The van der Waals surface area contributed by atoms with E-state index in [1.165, 1.54) is 77.5 Å². The minimum Gasteiger partial charge on any atom is -0.317 e. The molecule has 2 aliphatic carbocycles. The van der Waals surface area contributed by atoms with E-state index in [0.29, 0.717) is 5.41 Å². The van der Waals surface area contributed by atoms with E-state index in [1.807, 2.05) is 0 Å². The molecule has 0 atom stereocenters. The van der Waals surface area contributed by atoms with Gasteiger partial charge in [-0.15, -0.1) is 0 Å². The molecule has 18 heavy (non-hydrogen) atoms. The van der Waals surface area contributed by atoms with E-state index in [2.05, 4.69) is 17.6 Å². The first-order chi connectivity index (χ1) is 8.79. The highest BCUT2D eigenvalue weighted by atomic mass is 14.9. The molecule has 2 heteroatoms. The second-order valence-corrected chi connectivity index (χ2v) is 7.24. The normalized spacial score (nSPS) is 29.2. The molecule has 3 rings (SSSR count). The molecule has 1 heterocycles. The van der Waals surface area contributed by atoms with Gasteiger partial charge in [-0.05, 0) is 74.8 Å². The van der Waals surface area contributed by atoms with Crippen LogP contribution in [0.15, 0.2) is 0 Å². The number of hydrogen-bond acceptors (Lipinski definition) is 2. The molecular formula is C16H30N2. The zero-order chi connectivity index (χ0) is 12.5. The standard InChI is InChI=1S/C16H30N2/c1-2-5-15(8-10-17-11-9-15)12-18-13-16(6-7-16)14-3-4-14/h14,17-18H,2-13H2,1H3. The van der Waals surface area contributed by atoms with Gasteiger partial charge >= 0.3 is 0 Å². The van der Waals surface area contributed by atoms with Crippen LogP contribution in [0.3, 0.4) is 0 Å². The van der Waals surface area contributed by atoms with E-state index in [4.69, 9.17) is 0 Å². The summed E-state index contributed by atoms with van der Waals surface area (Å²) in [5.41, 5.74) is 1.37. The van der Waals surface area contributed by atoms with Crippen molar-refractivity contribution in [2.24, 2.45) is 16.7 Å². The lowest BCUT2D eigenvalue weighted by molar-refractivity contribution is 0.171. The molecule has 1 saturated heterocycles. The summed E-state index contributed by atoms with van der Waals surface area (Å²) in [7, 11) is 0. The largest absolute Gasteiger partial charge is 0.317 e. The van der Waals surface area contributed by atoms with Crippen LogP contribution in [0.25, 0.3) is 0 Å². The molecule has 0 aromatic rings. The molecule has 0 unspecified atom stereocenters. The molecule has 0 amide bonds. The lowest BCUT2D eigenvalue weighted by atomic mass is 9.75. The van der Waals surface area contributed by atoms with Gasteiger partial charge in [-0.1, -0.05) is 13.3 Å². The third kappa shape index (κ3) is 2.75. The smallest absolute Gasteiger partial charge is 0.00107 e. The molecule has 0 spiro atoms. The fraction of sp³-hybridized carbons (Fsp3) is 1.00. The van der Waals surface area contributed by atoms with Gasteiger partial charge in [0.25, 0.3) is 0 Å². The Morgan fingerprint density at radius 3 is 2.33 bits per heavy atom. The van der Waals surface area contributed by atoms with E-state index in [1.54, 1.807) is 0 Å². The maximum absolute atomic E-state index is 3.88. The summed E-state index contributed by atoms with van der Waals surface area (Å²) in [5, 5.41) is 7.39. The van der Waals surface area contributed by atoms with Crippen LogP contribution in [0.5, 0.6) is 0 Å². The molecule has 2 nitrogen and oxygen atoms in total. The third-order valence-electron chi connectivity index (χ3n) is 5.76. The molecule has 0 radical (unpaired) electrons. The summed E-state index contributed by atoms with van der Waals surface area (Å²) in [6.07, 6.45) is 11.6. The Morgan fingerprint density at radius 1 is 1.06 bits per heavy atom. The van der Waals surface area contributed by atoms with Gasteiger partial charge in [-0.2, -0.15) is 0 Å². The van der Waals surface area contributed by atoms with Gasteiger partial charge in [0, 0.05) is 13.1 Å². The molecule has 0 aromatic carbocycles. The van der Waals surface area contributed by atoms with Crippen LogP contribution in [0.1, 0.15) is 58.3 Å². The van der Waals surface area contributed by atoms with E-state index in [9.17, 15) is 0 Å². The van der Waals surface area contributed by atoms with Gasteiger partial charge in [0.2, 0.25) is 0 Å². The van der Waals surface area contributed by atoms with Gasteiger partial charge in [-0.3, -0.25) is 0 Å². The second-order valence-electron chi connectivity index (χ2n) is 7.24. The fourth-order valence-electron chi connectivity index (χ4n) is 4.16. The molecule has 104 valence electrons. The molecule has 3 fully saturated rings. The molecule has 2 N–H and O–H groups in total. The topological polar surface area (TPSA) is 24.1 Å². The zero-order valence-electron chi connectivity index (χ0n) is 12.1. The van der Waals surface area contributed by atoms with Gasteiger partial charge in [0.1, 0.15) is 0 Å². The Bertz CT molecular complexity index is 267. The Hall–Kier alpha value is -0.0800. The van der Waals surface area contributed by atoms with Crippen molar-refractivity contribution < 1.29 is 0 Å². The summed E-state index contributed by atoms with van der Waals surface area (Å²) >= 11 is 0. The summed E-state index contributed by atoms with van der Waals surface area (Å²) in [5.74, 6) is 1.10. The lowest BCUT2D eigenvalue weighted by Gasteiger charge is -2.38. The van der Waals surface area contributed by atoms with Crippen molar-refractivity contribution >= 4 is 0 Å². The maximum Gasteiger partial charge on any atom is 0.00107 e. The lowest BCUT2D eigenvalue weighted by Crippen LogP contribution is -2.44. The van der Waals surface area contributed by atoms with Crippen LogP contribution in [0.2, 0.25) is 0 Å². The monoisotopic (exact) mass is 250 g/mol. The van der Waals surface area contributed by atoms with Crippen molar-refractivity contribution in [2.45, 2.75) is 58.3 Å². The van der Waals surface area contributed by atoms with Crippen LogP contribution >= 0.6 is 0 Å². The first kappa shape index (κ1) is 12.9. The molecule has 3 aliphatic rings. The number of hydrogen-bond donors (Lipinski definition) is 2. The van der Waals surface area contributed by atoms with Crippen LogP contribution < -0.4 is 10.6 Å².